The lowest BCUT2D eigenvalue weighted by molar-refractivity contribution is -0.118. The molecule has 0 bridgehead atoms. The van der Waals surface area contributed by atoms with Crippen LogP contribution in [0.2, 0.25) is 0 Å². The predicted molar refractivity (Wildman–Crippen MR) is 68.7 cm³/mol. The molecular weight excluding hydrogens is 218 g/mol. The molecule has 1 aliphatic heterocycles. The number of rotatable bonds is 2. The molecule has 0 aliphatic carbocycles. The van der Waals surface area contributed by atoms with E-state index < -0.39 is 0 Å². The van der Waals surface area contributed by atoms with Crippen molar-refractivity contribution < 1.29 is 4.74 Å². The SMILES string of the molecule is CC(C)(C)OC1(CN)CSc2ccccc21. The third kappa shape index (κ3) is 2.12. The van der Waals surface area contributed by atoms with Gasteiger partial charge in [0.2, 0.25) is 0 Å². The minimum absolute atomic E-state index is 0.169. The minimum Gasteiger partial charge on any atom is -0.362 e. The Morgan fingerprint density at radius 1 is 1.38 bits per heavy atom. The summed E-state index contributed by atoms with van der Waals surface area (Å²) in [5.74, 6) is 0.917. The molecule has 1 aromatic rings. The van der Waals surface area contributed by atoms with Gasteiger partial charge in [0.25, 0.3) is 0 Å². The molecule has 16 heavy (non-hydrogen) atoms. The average Bonchev–Trinajstić information content (AvgIpc) is 2.57. The molecule has 0 fully saturated rings. The lowest BCUT2D eigenvalue weighted by Crippen LogP contribution is -2.43. The van der Waals surface area contributed by atoms with E-state index >= 15 is 0 Å². The third-order valence-electron chi connectivity index (χ3n) is 2.67. The van der Waals surface area contributed by atoms with E-state index in [-0.39, 0.29) is 11.2 Å². The molecule has 0 saturated heterocycles. The zero-order valence-electron chi connectivity index (χ0n) is 10.1. The van der Waals surface area contributed by atoms with Crippen molar-refractivity contribution in [2.24, 2.45) is 5.73 Å². The maximum Gasteiger partial charge on any atom is 0.116 e. The molecule has 1 heterocycles. The molecule has 0 radical (unpaired) electrons. The third-order valence-corrected chi connectivity index (χ3v) is 3.95. The summed E-state index contributed by atoms with van der Waals surface area (Å²) in [4.78, 5) is 1.30. The molecule has 2 nitrogen and oxygen atoms in total. The lowest BCUT2D eigenvalue weighted by atomic mass is 9.94. The zero-order valence-corrected chi connectivity index (χ0v) is 10.9. The van der Waals surface area contributed by atoms with Crippen LogP contribution in [0.15, 0.2) is 29.2 Å². The molecule has 3 heteroatoms. The number of fused-ring (bicyclic) bond motifs is 1. The van der Waals surface area contributed by atoms with Gasteiger partial charge in [0, 0.05) is 17.2 Å². The van der Waals surface area contributed by atoms with E-state index in [1.165, 1.54) is 10.5 Å². The van der Waals surface area contributed by atoms with Crippen molar-refractivity contribution in [2.75, 3.05) is 12.3 Å². The molecule has 0 amide bonds. The van der Waals surface area contributed by atoms with Crippen LogP contribution < -0.4 is 5.73 Å². The van der Waals surface area contributed by atoms with Crippen LogP contribution in [-0.4, -0.2) is 17.9 Å². The predicted octanol–water partition coefficient (Wildman–Crippen LogP) is 2.76. The van der Waals surface area contributed by atoms with E-state index in [0.29, 0.717) is 6.54 Å². The van der Waals surface area contributed by atoms with Crippen LogP contribution in [0.5, 0.6) is 0 Å². The van der Waals surface area contributed by atoms with Crippen molar-refractivity contribution in [3.8, 4) is 0 Å². The molecule has 0 saturated carbocycles. The van der Waals surface area contributed by atoms with Gasteiger partial charge < -0.3 is 10.5 Å². The van der Waals surface area contributed by atoms with Crippen molar-refractivity contribution in [2.45, 2.75) is 36.9 Å². The Kier molecular flexibility index (Phi) is 3.03. The fourth-order valence-electron chi connectivity index (χ4n) is 2.12. The molecular formula is C13H19NOS. The van der Waals surface area contributed by atoms with Gasteiger partial charge in [-0.3, -0.25) is 0 Å². The summed E-state index contributed by atoms with van der Waals surface area (Å²) < 4.78 is 6.22. The Morgan fingerprint density at radius 3 is 2.69 bits per heavy atom. The molecule has 2 rings (SSSR count). The van der Waals surface area contributed by atoms with Gasteiger partial charge >= 0.3 is 0 Å². The summed E-state index contributed by atoms with van der Waals surface area (Å²) in [7, 11) is 0. The van der Waals surface area contributed by atoms with Crippen LogP contribution in [0, 0.1) is 0 Å². The monoisotopic (exact) mass is 237 g/mol. The van der Waals surface area contributed by atoms with Crippen molar-refractivity contribution in [1.82, 2.24) is 0 Å². The maximum absolute atomic E-state index is 6.22. The second-order valence-corrected chi connectivity index (χ2v) is 6.21. The Hall–Kier alpha value is -0.510. The fourth-order valence-corrected chi connectivity index (χ4v) is 3.43. The highest BCUT2D eigenvalue weighted by atomic mass is 32.2. The summed E-state index contributed by atoms with van der Waals surface area (Å²) in [5, 5.41) is 0. The number of benzene rings is 1. The molecule has 1 aliphatic rings. The van der Waals surface area contributed by atoms with Gasteiger partial charge in [-0.2, -0.15) is 0 Å². The van der Waals surface area contributed by atoms with Gasteiger partial charge in [0.15, 0.2) is 0 Å². The highest BCUT2D eigenvalue weighted by molar-refractivity contribution is 7.99. The lowest BCUT2D eigenvalue weighted by Gasteiger charge is -2.36. The maximum atomic E-state index is 6.22. The minimum atomic E-state index is -0.306. The van der Waals surface area contributed by atoms with Crippen LogP contribution in [0.25, 0.3) is 0 Å². The van der Waals surface area contributed by atoms with Gasteiger partial charge in [-0.25, -0.2) is 0 Å². The Bertz CT molecular complexity index is 386. The van der Waals surface area contributed by atoms with Gasteiger partial charge in [-0.1, -0.05) is 18.2 Å². The van der Waals surface area contributed by atoms with Gasteiger partial charge in [0.1, 0.15) is 5.60 Å². The van der Waals surface area contributed by atoms with Crippen molar-refractivity contribution in [1.29, 1.82) is 0 Å². The van der Waals surface area contributed by atoms with E-state index in [0.717, 1.165) is 5.75 Å². The first-order valence-corrected chi connectivity index (χ1v) is 6.58. The second kappa shape index (κ2) is 4.06. The second-order valence-electron chi connectivity index (χ2n) is 5.20. The van der Waals surface area contributed by atoms with E-state index in [2.05, 4.69) is 45.0 Å². The van der Waals surface area contributed by atoms with Crippen molar-refractivity contribution >= 4 is 11.8 Å². The number of thioether (sulfide) groups is 1. The highest BCUT2D eigenvalue weighted by Crippen LogP contribution is 2.45. The van der Waals surface area contributed by atoms with Gasteiger partial charge in [0.05, 0.1) is 5.60 Å². The number of ether oxygens (including phenoxy) is 1. The number of hydrogen-bond acceptors (Lipinski definition) is 3. The Morgan fingerprint density at radius 2 is 2.06 bits per heavy atom. The summed E-state index contributed by atoms with van der Waals surface area (Å²) >= 11 is 1.84. The highest BCUT2D eigenvalue weighted by Gasteiger charge is 2.41. The standard InChI is InChI=1S/C13H19NOS/c1-12(2,3)15-13(8-14)9-16-11-7-5-4-6-10(11)13/h4-7H,8-9,14H2,1-3H3. The Balaban J connectivity index is 2.38. The zero-order chi connectivity index (χ0) is 11.8. The van der Waals surface area contributed by atoms with Crippen LogP contribution in [0.3, 0.4) is 0 Å². The van der Waals surface area contributed by atoms with Crippen LogP contribution >= 0.6 is 11.8 Å². The summed E-state index contributed by atoms with van der Waals surface area (Å²) in [6.07, 6.45) is 0. The normalized spacial score (nSPS) is 24.5. The van der Waals surface area contributed by atoms with E-state index in [1.807, 2.05) is 11.8 Å². The number of hydrogen-bond donors (Lipinski definition) is 1. The summed E-state index contributed by atoms with van der Waals surface area (Å²) in [6, 6.07) is 8.40. The average molecular weight is 237 g/mol. The Labute approximate surface area is 102 Å². The largest absolute Gasteiger partial charge is 0.362 e. The molecule has 1 unspecified atom stereocenters. The first-order chi connectivity index (χ1) is 7.47. The van der Waals surface area contributed by atoms with Crippen LogP contribution in [-0.2, 0) is 10.3 Å². The van der Waals surface area contributed by atoms with Crippen molar-refractivity contribution in [3.05, 3.63) is 29.8 Å². The van der Waals surface area contributed by atoms with Crippen molar-refractivity contribution in [3.63, 3.8) is 0 Å². The number of nitrogens with two attached hydrogens (primary N) is 1. The van der Waals surface area contributed by atoms with E-state index in [4.69, 9.17) is 10.5 Å². The first-order valence-electron chi connectivity index (χ1n) is 5.59. The van der Waals surface area contributed by atoms with Gasteiger partial charge in [-0.05, 0) is 32.4 Å². The molecule has 88 valence electrons. The molecule has 0 aromatic heterocycles. The summed E-state index contributed by atoms with van der Waals surface area (Å²) in [5.41, 5.74) is 6.72. The van der Waals surface area contributed by atoms with E-state index in [9.17, 15) is 0 Å². The van der Waals surface area contributed by atoms with E-state index in [1.54, 1.807) is 0 Å². The summed E-state index contributed by atoms with van der Waals surface area (Å²) in [6.45, 7) is 6.77. The molecule has 0 spiro atoms. The molecule has 1 aromatic carbocycles. The van der Waals surface area contributed by atoms with Crippen LogP contribution in [0.4, 0.5) is 0 Å². The van der Waals surface area contributed by atoms with Crippen LogP contribution in [0.1, 0.15) is 26.3 Å². The molecule has 1 atom stereocenters. The first kappa shape index (κ1) is 12.0. The quantitative estimate of drug-likeness (QED) is 0.859. The molecule has 2 N–H and O–H groups in total. The topological polar surface area (TPSA) is 35.2 Å². The fraction of sp³-hybridized carbons (Fsp3) is 0.538. The van der Waals surface area contributed by atoms with Gasteiger partial charge in [-0.15, -0.1) is 11.8 Å². The smallest absolute Gasteiger partial charge is 0.116 e.